The third-order valence-electron chi connectivity index (χ3n) is 2.70. The molecule has 0 fully saturated rings. The monoisotopic (exact) mass is 275 g/mol. The van der Waals surface area contributed by atoms with Crippen molar-refractivity contribution in [2.75, 3.05) is 11.1 Å². The van der Waals surface area contributed by atoms with Crippen molar-refractivity contribution in [3.05, 3.63) is 48.0 Å². The second-order valence-corrected chi connectivity index (χ2v) is 4.75. The van der Waals surface area contributed by atoms with Crippen LogP contribution in [0.3, 0.4) is 0 Å². The number of hydrogen-bond acceptors (Lipinski definition) is 4. The summed E-state index contributed by atoms with van der Waals surface area (Å²) in [4.78, 5) is 3.95. The highest BCUT2D eigenvalue weighted by Crippen LogP contribution is 2.29. The van der Waals surface area contributed by atoms with Gasteiger partial charge in [0.25, 0.3) is 0 Å². The van der Waals surface area contributed by atoms with Gasteiger partial charge in [-0.3, -0.25) is 4.98 Å². The molecule has 0 aliphatic rings. The lowest BCUT2D eigenvalue weighted by atomic mass is 10.2. The fourth-order valence-electron chi connectivity index (χ4n) is 1.76. The van der Waals surface area contributed by atoms with Crippen molar-refractivity contribution in [2.45, 2.75) is 26.5 Å². The Bertz CT molecular complexity index is 573. The largest absolute Gasteiger partial charge is 0.488 e. The number of anilines is 2. The van der Waals surface area contributed by atoms with Crippen LogP contribution in [0.2, 0.25) is 0 Å². The Labute approximate surface area is 117 Å². The first-order valence-corrected chi connectivity index (χ1v) is 6.44. The van der Waals surface area contributed by atoms with Crippen LogP contribution < -0.4 is 15.8 Å². The molecular formula is C15H18FN3O. The van der Waals surface area contributed by atoms with Crippen molar-refractivity contribution in [3.8, 4) is 5.75 Å². The summed E-state index contributed by atoms with van der Waals surface area (Å²) in [6.45, 7) is 4.28. The van der Waals surface area contributed by atoms with Crippen molar-refractivity contribution < 1.29 is 9.13 Å². The molecule has 0 saturated carbocycles. The van der Waals surface area contributed by atoms with Gasteiger partial charge in [0, 0.05) is 31.1 Å². The van der Waals surface area contributed by atoms with Gasteiger partial charge in [-0.15, -0.1) is 0 Å². The summed E-state index contributed by atoms with van der Waals surface area (Å²) in [5, 5.41) is 3.17. The fraction of sp³-hybridized carbons (Fsp3) is 0.267. The number of nitrogens with two attached hydrogens (primary N) is 1. The van der Waals surface area contributed by atoms with Crippen LogP contribution in [0, 0.1) is 5.82 Å². The van der Waals surface area contributed by atoms with Crippen LogP contribution >= 0.6 is 0 Å². The van der Waals surface area contributed by atoms with E-state index in [4.69, 9.17) is 10.5 Å². The first-order valence-electron chi connectivity index (χ1n) is 6.44. The summed E-state index contributed by atoms with van der Waals surface area (Å²) in [5.41, 5.74) is 7.89. The summed E-state index contributed by atoms with van der Waals surface area (Å²) in [5.74, 6) is -0.253. The molecule has 3 N–H and O–H groups in total. The van der Waals surface area contributed by atoms with Gasteiger partial charge >= 0.3 is 0 Å². The number of ether oxygens (including phenoxy) is 1. The van der Waals surface area contributed by atoms with E-state index >= 15 is 0 Å². The predicted molar refractivity (Wildman–Crippen MR) is 78.1 cm³/mol. The predicted octanol–water partition coefficient (Wildman–Crippen LogP) is 3.20. The van der Waals surface area contributed by atoms with Gasteiger partial charge in [-0.25, -0.2) is 4.39 Å². The molecule has 4 nitrogen and oxygen atoms in total. The molecule has 0 radical (unpaired) electrons. The number of nitrogens with zero attached hydrogens (tertiary/aromatic N) is 1. The second kappa shape index (κ2) is 6.23. The average Bonchev–Trinajstić information content (AvgIpc) is 2.41. The molecule has 0 atom stereocenters. The van der Waals surface area contributed by atoms with E-state index < -0.39 is 5.82 Å². The number of pyridine rings is 1. The lowest BCUT2D eigenvalue weighted by Gasteiger charge is -2.15. The van der Waals surface area contributed by atoms with Crippen molar-refractivity contribution in [3.63, 3.8) is 0 Å². The number of rotatable bonds is 5. The van der Waals surface area contributed by atoms with Crippen molar-refractivity contribution in [1.82, 2.24) is 4.98 Å². The molecule has 0 amide bonds. The minimum absolute atomic E-state index is 0.0961. The minimum Gasteiger partial charge on any atom is -0.488 e. The topological polar surface area (TPSA) is 60.2 Å². The molecule has 1 aromatic carbocycles. The van der Waals surface area contributed by atoms with Crippen molar-refractivity contribution >= 4 is 11.4 Å². The van der Waals surface area contributed by atoms with E-state index in [0.717, 1.165) is 5.56 Å². The molecule has 0 bridgehead atoms. The van der Waals surface area contributed by atoms with E-state index in [2.05, 4.69) is 10.3 Å². The molecule has 2 aromatic rings. The normalized spacial score (nSPS) is 10.6. The van der Waals surface area contributed by atoms with E-state index in [1.807, 2.05) is 26.0 Å². The molecule has 0 unspecified atom stereocenters. The first kappa shape index (κ1) is 14.1. The molecule has 1 heterocycles. The van der Waals surface area contributed by atoms with Crippen LogP contribution in [0.4, 0.5) is 15.8 Å². The standard InChI is InChI=1S/C15H18FN3O/c1-10(2)20-15-8-14(13(17)7-12(15)16)19-9-11-3-5-18-6-4-11/h3-8,10,19H,9,17H2,1-2H3. The van der Waals surface area contributed by atoms with Crippen molar-refractivity contribution in [1.29, 1.82) is 0 Å². The first-order chi connectivity index (χ1) is 9.56. The summed E-state index contributed by atoms with van der Waals surface area (Å²) in [6, 6.07) is 6.66. The molecule has 0 saturated heterocycles. The molecule has 20 heavy (non-hydrogen) atoms. The molecule has 5 heteroatoms. The third-order valence-corrected chi connectivity index (χ3v) is 2.70. The lowest BCUT2D eigenvalue weighted by Crippen LogP contribution is -2.09. The Balaban J connectivity index is 2.14. The molecule has 2 rings (SSSR count). The Morgan fingerprint density at radius 2 is 2.00 bits per heavy atom. The van der Waals surface area contributed by atoms with E-state index in [0.29, 0.717) is 17.9 Å². The Kier molecular flexibility index (Phi) is 4.40. The van der Waals surface area contributed by atoms with Crippen LogP contribution in [0.15, 0.2) is 36.7 Å². The number of halogens is 1. The number of nitrogens with one attached hydrogen (secondary N) is 1. The Morgan fingerprint density at radius 3 is 2.65 bits per heavy atom. The second-order valence-electron chi connectivity index (χ2n) is 4.75. The van der Waals surface area contributed by atoms with Crippen LogP contribution in [0.1, 0.15) is 19.4 Å². The van der Waals surface area contributed by atoms with Gasteiger partial charge in [-0.2, -0.15) is 0 Å². The zero-order chi connectivity index (χ0) is 14.5. The summed E-state index contributed by atoms with van der Waals surface area (Å²) in [7, 11) is 0. The van der Waals surface area contributed by atoms with Gasteiger partial charge in [0.1, 0.15) is 0 Å². The Morgan fingerprint density at radius 1 is 1.30 bits per heavy atom. The summed E-state index contributed by atoms with van der Waals surface area (Å²) in [6.07, 6.45) is 3.35. The quantitative estimate of drug-likeness (QED) is 0.823. The Hall–Kier alpha value is -2.30. The molecule has 1 aromatic heterocycles. The smallest absolute Gasteiger partial charge is 0.167 e. The van der Waals surface area contributed by atoms with Gasteiger partial charge in [-0.05, 0) is 31.5 Å². The summed E-state index contributed by atoms with van der Waals surface area (Å²) < 4.78 is 19.1. The highest BCUT2D eigenvalue weighted by molar-refractivity contribution is 5.68. The van der Waals surface area contributed by atoms with Gasteiger partial charge in [0.2, 0.25) is 0 Å². The third kappa shape index (κ3) is 3.60. The highest BCUT2D eigenvalue weighted by atomic mass is 19.1. The van der Waals surface area contributed by atoms with E-state index in [1.165, 1.54) is 6.07 Å². The number of hydrogen-bond donors (Lipinski definition) is 2. The van der Waals surface area contributed by atoms with Crippen LogP contribution in [0.25, 0.3) is 0 Å². The number of aromatic nitrogens is 1. The SMILES string of the molecule is CC(C)Oc1cc(NCc2ccncc2)c(N)cc1F. The molecule has 0 aliphatic carbocycles. The van der Waals surface area contributed by atoms with Crippen molar-refractivity contribution in [2.24, 2.45) is 0 Å². The zero-order valence-corrected chi connectivity index (χ0v) is 11.6. The molecule has 0 spiro atoms. The van der Waals surface area contributed by atoms with Gasteiger partial charge in [0.05, 0.1) is 17.5 Å². The number of nitrogen functional groups attached to an aromatic ring is 1. The zero-order valence-electron chi connectivity index (χ0n) is 11.6. The minimum atomic E-state index is -0.453. The lowest BCUT2D eigenvalue weighted by molar-refractivity contribution is 0.231. The molecular weight excluding hydrogens is 257 g/mol. The van der Waals surface area contributed by atoms with Gasteiger partial charge in [-0.1, -0.05) is 0 Å². The molecule has 106 valence electrons. The average molecular weight is 275 g/mol. The number of benzene rings is 1. The molecule has 0 aliphatic heterocycles. The van der Waals surface area contributed by atoms with Crippen LogP contribution in [0.5, 0.6) is 5.75 Å². The summed E-state index contributed by atoms with van der Waals surface area (Å²) >= 11 is 0. The fourth-order valence-corrected chi connectivity index (χ4v) is 1.76. The maximum Gasteiger partial charge on any atom is 0.167 e. The van der Waals surface area contributed by atoms with Crippen LogP contribution in [-0.4, -0.2) is 11.1 Å². The van der Waals surface area contributed by atoms with Gasteiger partial charge in [0.15, 0.2) is 11.6 Å². The highest BCUT2D eigenvalue weighted by Gasteiger charge is 2.10. The van der Waals surface area contributed by atoms with E-state index in [-0.39, 0.29) is 11.9 Å². The maximum atomic E-state index is 13.7. The maximum absolute atomic E-state index is 13.7. The van der Waals surface area contributed by atoms with E-state index in [1.54, 1.807) is 18.5 Å². The van der Waals surface area contributed by atoms with E-state index in [9.17, 15) is 4.39 Å². The van der Waals surface area contributed by atoms with Gasteiger partial charge < -0.3 is 15.8 Å². The van der Waals surface area contributed by atoms with Crippen LogP contribution in [-0.2, 0) is 6.54 Å².